The van der Waals surface area contributed by atoms with Crippen molar-refractivity contribution >= 4 is 40.7 Å². The van der Waals surface area contributed by atoms with E-state index in [0.717, 1.165) is 10.7 Å². The zero-order valence-corrected chi connectivity index (χ0v) is 16.0. The summed E-state index contributed by atoms with van der Waals surface area (Å²) in [6.07, 6.45) is 0. The van der Waals surface area contributed by atoms with Crippen LogP contribution in [-0.4, -0.2) is 39.5 Å². The van der Waals surface area contributed by atoms with Crippen molar-refractivity contribution in [2.75, 3.05) is 16.9 Å². The van der Waals surface area contributed by atoms with E-state index in [2.05, 4.69) is 15.6 Å². The molecule has 1 saturated heterocycles. The van der Waals surface area contributed by atoms with Crippen molar-refractivity contribution in [2.24, 2.45) is 0 Å². The van der Waals surface area contributed by atoms with Crippen LogP contribution in [-0.2, 0) is 11.3 Å². The number of hydrogen-bond acceptors (Lipinski definition) is 5. The lowest BCUT2D eigenvalue weighted by Gasteiger charge is -2.23. The SMILES string of the molecule is Cc1nc(CNC(=O)C2CSCN2C(=O)Nc2ccc(C)c(F)c2)cs1. The van der Waals surface area contributed by atoms with Gasteiger partial charge in [0.05, 0.1) is 23.1 Å². The van der Waals surface area contributed by atoms with Crippen LogP contribution in [0.1, 0.15) is 16.3 Å². The van der Waals surface area contributed by atoms with Gasteiger partial charge >= 0.3 is 6.03 Å². The summed E-state index contributed by atoms with van der Waals surface area (Å²) in [5.74, 6) is 0.336. The molecule has 0 saturated carbocycles. The van der Waals surface area contributed by atoms with Gasteiger partial charge in [-0.15, -0.1) is 23.1 Å². The van der Waals surface area contributed by atoms with Crippen molar-refractivity contribution in [3.05, 3.63) is 45.7 Å². The van der Waals surface area contributed by atoms with Gasteiger partial charge in [0.25, 0.3) is 0 Å². The highest BCUT2D eigenvalue weighted by atomic mass is 32.2. The van der Waals surface area contributed by atoms with Crippen molar-refractivity contribution < 1.29 is 14.0 Å². The summed E-state index contributed by atoms with van der Waals surface area (Å²) in [5, 5.41) is 8.33. The molecular formula is C17H19FN4O2S2. The molecule has 1 aromatic heterocycles. The van der Waals surface area contributed by atoms with Crippen LogP contribution in [0.5, 0.6) is 0 Å². The lowest BCUT2D eigenvalue weighted by Crippen LogP contribution is -2.48. The first-order chi connectivity index (χ1) is 12.4. The van der Waals surface area contributed by atoms with Gasteiger partial charge in [-0.2, -0.15) is 0 Å². The molecule has 1 unspecified atom stereocenters. The third kappa shape index (κ3) is 4.34. The minimum Gasteiger partial charge on any atom is -0.349 e. The van der Waals surface area contributed by atoms with Gasteiger partial charge in [-0.1, -0.05) is 6.07 Å². The topological polar surface area (TPSA) is 74.3 Å². The van der Waals surface area contributed by atoms with Gasteiger partial charge < -0.3 is 15.5 Å². The first-order valence-electron chi connectivity index (χ1n) is 8.04. The van der Waals surface area contributed by atoms with Gasteiger partial charge in [0, 0.05) is 16.8 Å². The normalized spacial score (nSPS) is 16.6. The van der Waals surface area contributed by atoms with Crippen LogP contribution >= 0.6 is 23.1 Å². The monoisotopic (exact) mass is 394 g/mol. The van der Waals surface area contributed by atoms with Crippen molar-refractivity contribution in [1.29, 1.82) is 0 Å². The summed E-state index contributed by atoms with van der Waals surface area (Å²) in [6.45, 7) is 3.90. The van der Waals surface area contributed by atoms with E-state index in [0.29, 0.717) is 29.4 Å². The number of rotatable bonds is 4. The molecular weight excluding hydrogens is 375 g/mol. The summed E-state index contributed by atoms with van der Waals surface area (Å²) >= 11 is 3.03. The van der Waals surface area contributed by atoms with Gasteiger partial charge in [-0.25, -0.2) is 14.2 Å². The van der Waals surface area contributed by atoms with E-state index < -0.39 is 12.1 Å². The quantitative estimate of drug-likeness (QED) is 0.836. The summed E-state index contributed by atoms with van der Waals surface area (Å²) in [7, 11) is 0. The second kappa shape index (κ2) is 8.05. The molecule has 0 aliphatic carbocycles. The summed E-state index contributed by atoms with van der Waals surface area (Å²) in [4.78, 5) is 30.7. The lowest BCUT2D eigenvalue weighted by atomic mass is 10.2. The number of urea groups is 1. The first kappa shape index (κ1) is 18.7. The number of carbonyl (C=O) groups excluding carboxylic acids is 2. The number of carbonyl (C=O) groups is 2. The van der Waals surface area contributed by atoms with Gasteiger partial charge in [0.1, 0.15) is 11.9 Å². The Kier molecular flexibility index (Phi) is 5.77. The Morgan fingerprint density at radius 2 is 2.19 bits per heavy atom. The third-order valence-electron chi connectivity index (χ3n) is 3.98. The van der Waals surface area contributed by atoms with Crippen LogP contribution in [0.4, 0.5) is 14.9 Å². The van der Waals surface area contributed by atoms with E-state index in [1.54, 1.807) is 19.1 Å². The maximum absolute atomic E-state index is 13.6. The average Bonchev–Trinajstić information content (AvgIpc) is 3.25. The number of amides is 3. The fourth-order valence-corrected chi connectivity index (χ4v) is 4.28. The van der Waals surface area contributed by atoms with Crippen LogP contribution in [0.15, 0.2) is 23.6 Å². The number of benzene rings is 1. The molecule has 2 aromatic rings. The minimum absolute atomic E-state index is 0.217. The molecule has 138 valence electrons. The van der Waals surface area contributed by atoms with E-state index in [9.17, 15) is 14.0 Å². The smallest absolute Gasteiger partial charge is 0.323 e. The zero-order chi connectivity index (χ0) is 18.7. The first-order valence-corrected chi connectivity index (χ1v) is 10.1. The van der Waals surface area contributed by atoms with E-state index in [-0.39, 0.29) is 11.7 Å². The molecule has 0 bridgehead atoms. The molecule has 6 nitrogen and oxygen atoms in total. The van der Waals surface area contributed by atoms with Crippen LogP contribution in [0.3, 0.4) is 0 Å². The number of thioether (sulfide) groups is 1. The fraction of sp³-hybridized carbons (Fsp3) is 0.353. The number of halogens is 1. The number of hydrogen-bond donors (Lipinski definition) is 2. The van der Waals surface area contributed by atoms with Crippen LogP contribution in [0, 0.1) is 19.7 Å². The number of thiazole rings is 1. The van der Waals surface area contributed by atoms with Crippen molar-refractivity contribution in [1.82, 2.24) is 15.2 Å². The Balaban J connectivity index is 1.60. The molecule has 2 heterocycles. The molecule has 3 amide bonds. The molecule has 1 fully saturated rings. The maximum Gasteiger partial charge on any atom is 0.323 e. The number of anilines is 1. The Labute approximate surface area is 159 Å². The van der Waals surface area contributed by atoms with Crippen LogP contribution < -0.4 is 10.6 Å². The molecule has 1 aromatic carbocycles. The van der Waals surface area contributed by atoms with E-state index in [1.165, 1.54) is 34.1 Å². The predicted molar refractivity (Wildman–Crippen MR) is 102 cm³/mol. The standard InChI is InChI=1S/C17H19FN4O2S2/c1-10-3-4-12(5-14(10)18)21-17(24)22-9-25-8-15(22)16(23)19-6-13-7-26-11(2)20-13/h3-5,7,15H,6,8-9H2,1-2H3,(H,19,23)(H,21,24). The molecule has 3 rings (SSSR count). The van der Waals surface area contributed by atoms with Crippen LogP contribution in [0.25, 0.3) is 0 Å². The largest absolute Gasteiger partial charge is 0.349 e. The maximum atomic E-state index is 13.6. The van der Waals surface area contributed by atoms with Gasteiger partial charge in [-0.3, -0.25) is 4.79 Å². The van der Waals surface area contributed by atoms with E-state index >= 15 is 0 Å². The molecule has 2 N–H and O–H groups in total. The summed E-state index contributed by atoms with van der Waals surface area (Å²) in [5.41, 5.74) is 1.68. The highest BCUT2D eigenvalue weighted by molar-refractivity contribution is 7.99. The van der Waals surface area contributed by atoms with Gasteiger partial charge in [0.2, 0.25) is 5.91 Å². The minimum atomic E-state index is -0.560. The third-order valence-corrected chi connectivity index (χ3v) is 5.81. The van der Waals surface area contributed by atoms with Crippen molar-refractivity contribution in [3.8, 4) is 0 Å². The number of nitrogens with zero attached hydrogens (tertiary/aromatic N) is 2. The molecule has 0 radical (unpaired) electrons. The Bertz CT molecular complexity index is 827. The Morgan fingerprint density at radius 3 is 2.88 bits per heavy atom. The highest BCUT2D eigenvalue weighted by Gasteiger charge is 2.34. The number of nitrogens with one attached hydrogen (secondary N) is 2. The Morgan fingerprint density at radius 1 is 1.38 bits per heavy atom. The summed E-state index contributed by atoms with van der Waals surface area (Å²) < 4.78 is 13.6. The second-order valence-corrected chi connectivity index (χ2v) is 8.02. The Hall–Kier alpha value is -2.13. The van der Waals surface area contributed by atoms with E-state index in [4.69, 9.17) is 0 Å². The van der Waals surface area contributed by atoms with Crippen LogP contribution in [0.2, 0.25) is 0 Å². The molecule has 9 heteroatoms. The molecule has 26 heavy (non-hydrogen) atoms. The number of aryl methyl sites for hydroxylation is 2. The predicted octanol–water partition coefficient (Wildman–Crippen LogP) is 3.12. The summed E-state index contributed by atoms with van der Waals surface area (Å²) in [6, 6.07) is 3.54. The molecule has 0 spiro atoms. The molecule has 1 aliphatic heterocycles. The fourth-order valence-electron chi connectivity index (χ4n) is 2.51. The van der Waals surface area contributed by atoms with Crippen molar-refractivity contribution in [2.45, 2.75) is 26.4 Å². The number of aromatic nitrogens is 1. The van der Waals surface area contributed by atoms with E-state index in [1.807, 2.05) is 12.3 Å². The van der Waals surface area contributed by atoms with Crippen molar-refractivity contribution in [3.63, 3.8) is 0 Å². The molecule has 1 aliphatic rings. The second-order valence-electron chi connectivity index (χ2n) is 5.96. The molecule has 1 atom stereocenters. The zero-order valence-electron chi connectivity index (χ0n) is 14.4. The van der Waals surface area contributed by atoms with Gasteiger partial charge in [-0.05, 0) is 31.5 Å². The highest BCUT2D eigenvalue weighted by Crippen LogP contribution is 2.23. The van der Waals surface area contributed by atoms with Gasteiger partial charge in [0.15, 0.2) is 0 Å². The average molecular weight is 394 g/mol. The lowest BCUT2D eigenvalue weighted by molar-refractivity contribution is -0.124.